The van der Waals surface area contributed by atoms with E-state index in [1.165, 1.54) is 13.3 Å². The second-order valence-electron chi connectivity index (χ2n) is 7.96. The van der Waals surface area contributed by atoms with Crippen molar-refractivity contribution < 1.29 is 27.3 Å². The highest BCUT2D eigenvalue weighted by atomic mass is 32.2. The number of halogens is 2. The number of nitrogens with one attached hydrogen (secondary N) is 1. The molecule has 0 saturated heterocycles. The van der Waals surface area contributed by atoms with Crippen LogP contribution in [0.1, 0.15) is 10.4 Å². The van der Waals surface area contributed by atoms with Crippen molar-refractivity contribution in [2.45, 2.75) is 4.90 Å². The van der Waals surface area contributed by atoms with Gasteiger partial charge in [-0.05, 0) is 48.0 Å². The molecule has 4 aromatic rings. The van der Waals surface area contributed by atoms with E-state index in [-0.39, 0.29) is 22.4 Å². The van der Waals surface area contributed by atoms with Crippen LogP contribution in [0.3, 0.4) is 0 Å². The standard InChI is InChI=1S/C26H20F2N4O4S/c1-35-25-21(31-37(34)24-7-5-19(27)13-20(24)28)11-18(15-30-25)16-4-6-23-22(12-16)32(9-10-36-23)26(33)17-3-2-8-29-14-17/h2-8,11-15,31H,9-10H2,1H3. The first-order valence-electron chi connectivity index (χ1n) is 11.1. The molecule has 0 spiro atoms. The topological polar surface area (TPSA) is 93.7 Å². The summed E-state index contributed by atoms with van der Waals surface area (Å²) in [4.78, 5) is 22.9. The van der Waals surface area contributed by atoms with Gasteiger partial charge in [0, 0.05) is 30.2 Å². The molecular weight excluding hydrogens is 502 g/mol. The number of fused-ring (bicyclic) bond motifs is 1. The lowest BCUT2D eigenvalue weighted by atomic mass is 10.0. The van der Waals surface area contributed by atoms with Gasteiger partial charge in [-0.3, -0.25) is 14.5 Å². The van der Waals surface area contributed by atoms with Crippen molar-refractivity contribution in [3.63, 3.8) is 0 Å². The van der Waals surface area contributed by atoms with E-state index in [1.807, 2.05) is 0 Å². The maximum atomic E-state index is 14.1. The number of rotatable bonds is 6. The Kier molecular flexibility index (Phi) is 6.78. The smallest absolute Gasteiger partial charge is 0.260 e. The van der Waals surface area contributed by atoms with E-state index in [4.69, 9.17) is 9.47 Å². The highest BCUT2D eigenvalue weighted by Crippen LogP contribution is 2.38. The highest BCUT2D eigenvalue weighted by Gasteiger charge is 2.26. The van der Waals surface area contributed by atoms with Crippen molar-refractivity contribution in [3.8, 4) is 22.8 Å². The average Bonchev–Trinajstić information content (AvgIpc) is 2.92. The summed E-state index contributed by atoms with van der Waals surface area (Å²) < 4.78 is 53.9. The number of carbonyl (C=O) groups is 1. The Morgan fingerprint density at radius 2 is 1.97 bits per heavy atom. The second kappa shape index (κ2) is 10.3. The molecule has 8 nitrogen and oxygen atoms in total. The molecule has 37 heavy (non-hydrogen) atoms. The monoisotopic (exact) mass is 522 g/mol. The highest BCUT2D eigenvalue weighted by molar-refractivity contribution is 7.86. The summed E-state index contributed by atoms with van der Waals surface area (Å²) in [5.74, 6) is -1.23. The van der Waals surface area contributed by atoms with E-state index in [2.05, 4.69) is 14.7 Å². The molecule has 11 heteroatoms. The average molecular weight is 523 g/mol. The lowest BCUT2D eigenvalue weighted by Crippen LogP contribution is -2.38. The summed E-state index contributed by atoms with van der Waals surface area (Å²) in [7, 11) is -0.661. The summed E-state index contributed by atoms with van der Waals surface area (Å²) in [5, 5.41) is 0. The molecule has 1 aliphatic heterocycles. The molecule has 0 bridgehead atoms. The maximum absolute atomic E-state index is 14.1. The molecule has 2 aromatic carbocycles. The van der Waals surface area contributed by atoms with E-state index in [0.717, 1.165) is 12.1 Å². The number of ether oxygens (including phenoxy) is 2. The zero-order valence-corrected chi connectivity index (χ0v) is 20.3. The Labute approximate surface area is 213 Å². The second-order valence-corrected chi connectivity index (χ2v) is 9.14. The largest absolute Gasteiger partial charge is 0.490 e. The van der Waals surface area contributed by atoms with Gasteiger partial charge in [-0.1, -0.05) is 6.07 Å². The van der Waals surface area contributed by atoms with E-state index < -0.39 is 22.6 Å². The van der Waals surface area contributed by atoms with Crippen molar-refractivity contribution in [1.29, 1.82) is 0 Å². The van der Waals surface area contributed by atoms with Crippen LogP contribution in [0.25, 0.3) is 11.1 Å². The van der Waals surface area contributed by atoms with Crippen molar-refractivity contribution >= 4 is 28.3 Å². The van der Waals surface area contributed by atoms with Gasteiger partial charge in [0.25, 0.3) is 5.91 Å². The molecule has 0 radical (unpaired) electrons. The third-order valence-corrected chi connectivity index (χ3v) is 6.79. The number of amides is 1. The van der Waals surface area contributed by atoms with E-state index >= 15 is 0 Å². The summed E-state index contributed by atoms with van der Waals surface area (Å²) in [6.07, 6.45) is 4.67. The van der Waals surface area contributed by atoms with Crippen LogP contribution in [-0.4, -0.2) is 40.3 Å². The number of hydrogen-bond donors (Lipinski definition) is 1. The zero-order valence-electron chi connectivity index (χ0n) is 19.5. The summed E-state index contributed by atoms with van der Waals surface area (Å²) in [6.45, 7) is 0.711. The third-order valence-electron chi connectivity index (χ3n) is 5.65. The Morgan fingerprint density at radius 3 is 2.73 bits per heavy atom. The quantitative estimate of drug-likeness (QED) is 0.398. The SMILES string of the molecule is COc1ncc(-c2ccc3c(c2)N(C(=O)c2cccnc2)CCO3)cc1NS(=O)c1ccc(F)cc1F. The van der Waals surface area contributed by atoms with Crippen LogP contribution < -0.4 is 19.1 Å². The predicted octanol–water partition coefficient (Wildman–Crippen LogP) is 4.60. The molecule has 5 rings (SSSR count). The number of nitrogens with zero attached hydrogens (tertiary/aromatic N) is 3. The third kappa shape index (κ3) is 4.98. The van der Waals surface area contributed by atoms with Crippen LogP contribution >= 0.6 is 0 Å². The Bertz CT molecular complexity index is 1500. The van der Waals surface area contributed by atoms with E-state index in [1.54, 1.807) is 53.7 Å². The Morgan fingerprint density at radius 1 is 1.11 bits per heavy atom. The fourth-order valence-electron chi connectivity index (χ4n) is 3.88. The summed E-state index contributed by atoms with van der Waals surface area (Å²) >= 11 is 0. The molecule has 188 valence electrons. The number of benzene rings is 2. The molecule has 0 fully saturated rings. The molecule has 1 amide bonds. The molecule has 2 aromatic heterocycles. The van der Waals surface area contributed by atoms with Gasteiger partial charge in [0.2, 0.25) is 5.88 Å². The van der Waals surface area contributed by atoms with Crippen LogP contribution in [0, 0.1) is 11.6 Å². The Balaban J connectivity index is 1.48. The van der Waals surface area contributed by atoms with Crippen LogP contribution in [0.4, 0.5) is 20.2 Å². The fourth-order valence-corrected chi connectivity index (χ4v) is 4.76. The van der Waals surface area contributed by atoms with Gasteiger partial charge < -0.3 is 14.4 Å². The molecule has 0 saturated carbocycles. The molecular formula is C26H20F2N4O4S. The van der Waals surface area contributed by atoms with Crippen LogP contribution in [0.15, 0.2) is 78.1 Å². The molecule has 1 aliphatic rings. The van der Waals surface area contributed by atoms with Gasteiger partial charge in [0.05, 0.1) is 29.8 Å². The normalized spacial score (nSPS) is 13.3. The van der Waals surface area contributed by atoms with Gasteiger partial charge in [0.15, 0.2) is 11.0 Å². The van der Waals surface area contributed by atoms with Crippen molar-refractivity contribution in [2.75, 3.05) is 29.9 Å². The number of aromatic nitrogens is 2. The number of anilines is 2. The van der Waals surface area contributed by atoms with E-state index in [9.17, 15) is 17.8 Å². The maximum Gasteiger partial charge on any atom is 0.260 e. The van der Waals surface area contributed by atoms with Crippen molar-refractivity contribution in [2.24, 2.45) is 0 Å². The molecule has 3 heterocycles. The first-order valence-corrected chi connectivity index (χ1v) is 12.3. The van der Waals surface area contributed by atoms with E-state index in [0.29, 0.717) is 47.3 Å². The zero-order chi connectivity index (χ0) is 25.9. The number of pyridine rings is 2. The minimum absolute atomic E-state index is 0.134. The van der Waals surface area contributed by atoms with Crippen LogP contribution in [0.2, 0.25) is 0 Å². The fraction of sp³-hybridized carbons (Fsp3) is 0.115. The first-order chi connectivity index (χ1) is 17.9. The van der Waals surface area contributed by atoms with Crippen LogP contribution in [0.5, 0.6) is 11.6 Å². The van der Waals surface area contributed by atoms with Crippen LogP contribution in [-0.2, 0) is 11.0 Å². The minimum Gasteiger partial charge on any atom is -0.490 e. The lowest BCUT2D eigenvalue weighted by molar-refractivity contribution is 0.0976. The van der Waals surface area contributed by atoms with Gasteiger partial charge in [-0.2, -0.15) is 0 Å². The van der Waals surface area contributed by atoms with Gasteiger partial charge in [0.1, 0.15) is 29.7 Å². The molecule has 1 unspecified atom stereocenters. The molecule has 0 aliphatic carbocycles. The molecule has 1 N–H and O–H groups in total. The number of methoxy groups -OCH3 is 1. The number of carbonyl (C=O) groups excluding carboxylic acids is 1. The van der Waals surface area contributed by atoms with Crippen molar-refractivity contribution in [3.05, 3.63) is 90.4 Å². The molecule has 1 atom stereocenters. The lowest BCUT2D eigenvalue weighted by Gasteiger charge is -2.30. The summed E-state index contributed by atoms with van der Waals surface area (Å²) in [5.41, 5.74) is 2.58. The minimum atomic E-state index is -2.06. The Hall–Kier alpha value is -4.38. The van der Waals surface area contributed by atoms with Gasteiger partial charge >= 0.3 is 0 Å². The van der Waals surface area contributed by atoms with Crippen molar-refractivity contribution in [1.82, 2.24) is 9.97 Å². The first kappa shape index (κ1) is 24.3. The van der Waals surface area contributed by atoms with Gasteiger partial charge in [-0.25, -0.2) is 18.0 Å². The predicted molar refractivity (Wildman–Crippen MR) is 134 cm³/mol. The summed E-state index contributed by atoms with van der Waals surface area (Å²) in [6, 6.07) is 13.2. The number of hydrogen-bond acceptors (Lipinski definition) is 6. The van der Waals surface area contributed by atoms with Gasteiger partial charge in [-0.15, -0.1) is 0 Å².